The minimum atomic E-state index is 0.167. The number of pyridine rings is 1. The lowest BCUT2D eigenvalue weighted by atomic mass is 10.1. The first-order valence-corrected chi connectivity index (χ1v) is 7.29. The predicted octanol–water partition coefficient (Wildman–Crippen LogP) is 2.76. The standard InChI is InChI=1S/C14H18N2OS/c1-10(13(9-17)18-2)16-14-12-6-4-3-5-11(12)7-8-15-14/h3-8,10,13,17H,9H2,1-2H3,(H,15,16). The highest BCUT2D eigenvalue weighted by Gasteiger charge is 2.16. The van der Waals surface area contributed by atoms with Crippen molar-refractivity contribution in [2.45, 2.75) is 18.2 Å². The second-order valence-electron chi connectivity index (χ2n) is 4.27. The minimum absolute atomic E-state index is 0.167. The van der Waals surface area contributed by atoms with Crippen LogP contribution >= 0.6 is 11.8 Å². The predicted molar refractivity (Wildman–Crippen MR) is 79.2 cm³/mol. The molecule has 0 aliphatic carbocycles. The van der Waals surface area contributed by atoms with Crippen molar-refractivity contribution in [2.75, 3.05) is 18.2 Å². The van der Waals surface area contributed by atoms with E-state index in [-0.39, 0.29) is 17.9 Å². The van der Waals surface area contributed by atoms with Crippen LogP contribution < -0.4 is 5.32 Å². The number of fused-ring (bicyclic) bond motifs is 1. The molecule has 0 saturated carbocycles. The SMILES string of the molecule is CSC(CO)C(C)Nc1nccc2ccccc12. The third-order valence-corrected chi connectivity index (χ3v) is 4.24. The molecular formula is C14H18N2OS. The van der Waals surface area contributed by atoms with Crippen molar-refractivity contribution < 1.29 is 5.11 Å². The number of hydrogen-bond donors (Lipinski definition) is 2. The second-order valence-corrected chi connectivity index (χ2v) is 5.35. The summed E-state index contributed by atoms with van der Waals surface area (Å²) in [6, 6.07) is 10.3. The quantitative estimate of drug-likeness (QED) is 0.869. The van der Waals surface area contributed by atoms with Gasteiger partial charge in [0.15, 0.2) is 0 Å². The van der Waals surface area contributed by atoms with E-state index in [0.717, 1.165) is 11.2 Å². The monoisotopic (exact) mass is 262 g/mol. The Bertz CT molecular complexity index is 509. The molecule has 0 radical (unpaired) electrons. The third-order valence-electron chi connectivity index (χ3n) is 3.08. The van der Waals surface area contributed by atoms with Crippen LogP contribution in [0.25, 0.3) is 10.8 Å². The van der Waals surface area contributed by atoms with Gasteiger partial charge in [0, 0.05) is 22.9 Å². The zero-order chi connectivity index (χ0) is 13.0. The summed E-state index contributed by atoms with van der Waals surface area (Å²) >= 11 is 1.66. The third kappa shape index (κ3) is 2.76. The smallest absolute Gasteiger partial charge is 0.134 e. The van der Waals surface area contributed by atoms with E-state index in [2.05, 4.69) is 29.4 Å². The van der Waals surface area contributed by atoms with Gasteiger partial charge in [-0.05, 0) is 24.6 Å². The van der Waals surface area contributed by atoms with Gasteiger partial charge in [-0.3, -0.25) is 0 Å². The van der Waals surface area contributed by atoms with Crippen molar-refractivity contribution in [3.8, 4) is 0 Å². The van der Waals surface area contributed by atoms with Crippen LogP contribution in [0.4, 0.5) is 5.82 Å². The summed E-state index contributed by atoms with van der Waals surface area (Å²) < 4.78 is 0. The topological polar surface area (TPSA) is 45.1 Å². The molecule has 4 heteroatoms. The van der Waals surface area contributed by atoms with Gasteiger partial charge < -0.3 is 10.4 Å². The number of rotatable bonds is 5. The van der Waals surface area contributed by atoms with E-state index in [1.807, 2.05) is 30.7 Å². The van der Waals surface area contributed by atoms with Gasteiger partial charge in [-0.25, -0.2) is 4.98 Å². The van der Waals surface area contributed by atoms with Gasteiger partial charge in [-0.1, -0.05) is 24.3 Å². The van der Waals surface area contributed by atoms with Crippen molar-refractivity contribution in [3.05, 3.63) is 36.5 Å². The van der Waals surface area contributed by atoms with E-state index in [1.54, 1.807) is 11.8 Å². The van der Waals surface area contributed by atoms with Gasteiger partial charge >= 0.3 is 0 Å². The van der Waals surface area contributed by atoms with Gasteiger partial charge in [-0.2, -0.15) is 11.8 Å². The number of hydrogen-bond acceptors (Lipinski definition) is 4. The molecule has 2 rings (SSSR count). The molecule has 3 nitrogen and oxygen atoms in total. The molecule has 0 bridgehead atoms. The van der Waals surface area contributed by atoms with Crippen LogP contribution in [0.3, 0.4) is 0 Å². The van der Waals surface area contributed by atoms with E-state index in [1.165, 1.54) is 5.39 Å². The first-order chi connectivity index (χ1) is 8.76. The summed E-state index contributed by atoms with van der Waals surface area (Å²) in [6.07, 6.45) is 3.82. The molecule has 1 heterocycles. The number of nitrogens with zero attached hydrogens (tertiary/aromatic N) is 1. The number of thioether (sulfide) groups is 1. The Morgan fingerprint density at radius 1 is 1.33 bits per heavy atom. The Labute approximate surface area is 112 Å². The van der Waals surface area contributed by atoms with Crippen molar-refractivity contribution >= 4 is 28.4 Å². The summed E-state index contributed by atoms with van der Waals surface area (Å²) in [4.78, 5) is 4.40. The van der Waals surface area contributed by atoms with Crippen LogP contribution in [0.2, 0.25) is 0 Å². The number of benzene rings is 1. The zero-order valence-electron chi connectivity index (χ0n) is 10.6. The Morgan fingerprint density at radius 3 is 2.83 bits per heavy atom. The lowest BCUT2D eigenvalue weighted by Gasteiger charge is -2.22. The van der Waals surface area contributed by atoms with Crippen LogP contribution in [-0.4, -0.2) is 34.2 Å². The lowest BCUT2D eigenvalue weighted by Crippen LogP contribution is -2.31. The molecule has 2 unspecified atom stereocenters. The summed E-state index contributed by atoms with van der Waals surface area (Å²) in [5.74, 6) is 0.883. The van der Waals surface area contributed by atoms with Gasteiger partial charge in [-0.15, -0.1) is 0 Å². The van der Waals surface area contributed by atoms with E-state index >= 15 is 0 Å². The number of nitrogens with one attached hydrogen (secondary N) is 1. The Balaban J connectivity index is 2.26. The largest absolute Gasteiger partial charge is 0.395 e. The number of aliphatic hydroxyl groups excluding tert-OH is 1. The maximum absolute atomic E-state index is 9.31. The molecule has 0 aliphatic heterocycles. The highest BCUT2D eigenvalue weighted by Crippen LogP contribution is 2.22. The van der Waals surface area contributed by atoms with Gasteiger partial charge in [0.05, 0.1) is 6.61 Å². The highest BCUT2D eigenvalue weighted by atomic mass is 32.2. The molecule has 1 aromatic carbocycles. The molecule has 0 spiro atoms. The molecule has 2 aromatic rings. The van der Waals surface area contributed by atoms with Gasteiger partial charge in [0.25, 0.3) is 0 Å². The number of aromatic nitrogens is 1. The lowest BCUT2D eigenvalue weighted by molar-refractivity contribution is 0.288. The van der Waals surface area contributed by atoms with Crippen molar-refractivity contribution in [3.63, 3.8) is 0 Å². The maximum atomic E-state index is 9.31. The van der Waals surface area contributed by atoms with E-state index < -0.39 is 0 Å². The first kappa shape index (κ1) is 13.2. The maximum Gasteiger partial charge on any atom is 0.134 e. The summed E-state index contributed by atoms with van der Waals surface area (Å²) in [5, 5.41) is 15.2. The van der Waals surface area contributed by atoms with E-state index in [0.29, 0.717) is 0 Å². The molecule has 18 heavy (non-hydrogen) atoms. The fourth-order valence-corrected chi connectivity index (χ4v) is 2.61. The summed E-state index contributed by atoms with van der Waals surface area (Å²) in [7, 11) is 0. The fraction of sp³-hybridized carbons (Fsp3) is 0.357. The molecular weight excluding hydrogens is 244 g/mol. The molecule has 96 valence electrons. The normalized spacial score (nSPS) is 14.4. The summed E-state index contributed by atoms with van der Waals surface area (Å²) in [5.41, 5.74) is 0. The van der Waals surface area contributed by atoms with Crippen LogP contribution in [0, 0.1) is 0 Å². The molecule has 2 N–H and O–H groups in total. The average Bonchev–Trinajstić information content (AvgIpc) is 2.40. The fourth-order valence-electron chi connectivity index (χ4n) is 1.98. The molecule has 0 fully saturated rings. The van der Waals surface area contributed by atoms with E-state index in [9.17, 15) is 5.11 Å². The van der Waals surface area contributed by atoms with Gasteiger partial charge in [0.1, 0.15) is 5.82 Å². The molecule has 1 aromatic heterocycles. The Morgan fingerprint density at radius 2 is 2.11 bits per heavy atom. The van der Waals surface area contributed by atoms with Crippen LogP contribution in [0.1, 0.15) is 6.92 Å². The van der Waals surface area contributed by atoms with Crippen LogP contribution in [0.15, 0.2) is 36.5 Å². The first-order valence-electron chi connectivity index (χ1n) is 6.00. The molecule has 2 atom stereocenters. The summed E-state index contributed by atoms with van der Waals surface area (Å²) in [6.45, 7) is 2.24. The molecule has 0 aliphatic rings. The van der Waals surface area contributed by atoms with Crippen LogP contribution in [0.5, 0.6) is 0 Å². The zero-order valence-corrected chi connectivity index (χ0v) is 11.4. The van der Waals surface area contributed by atoms with Crippen molar-refractivity contribution in [2.24, 2.45) is 0 Å². The van der Waals surface area contributed by atoms with Crippen molar-refractivity contribution in [1.82, 2.24) is 4.98 Å². The molecule has 0 saturated heterocycles. The average molecular weight is 262 g/mol. The number of aliphatic hydroxyl groups is 1. The van der Waals surface area contributed by atoms with Crippen LogP contribution in [-0.2, 0) is 0 Å². The second kappa shape index (κ2) is 6.07. The Kier molecular flexibility index (Phi) is 4.44. The number of anilines is 1. The Hall–Kier alpha value is -1.26. The molecule has 0 amide bonds. The highest BCUT2D eigenvalue weighted by molar-refractivity contribution is 7.99. The van der Waals surface area contributed by atoms with Gasteiger partial charge in [0.2, 0.25) is 0 Å². The minimum Gasteiger partial charge on any atom is -0.395 e. The van der Waals surface area contributed by atoms with Crippen molar-refractivity contribution in [1.29, 1.82) is 0 Å². The van der Waals surface area contributed by atoms with E-state index in [4.69, 9.17) is 0 Å².